The van der Waals surface area contributed by atoms with Crippen molar-refractivity contribution in [2.45, 2.75) is 6.54 Å². The number of hydrogen-bond donors (Lipinski definition) is 2. The minimum Gasteiger partial charge on any atom is -0.400 e. The molecule has 0 spiro atoms. The van der Waals surface area contributed by atoms with Crippen LogP contribution in [0.4, 0.5) is 5.13 Å². The lowest BCUT2D eigenvalue weighted by Crippen LogP contribution is -2.16. The molecule has 26 heavy (non-hydrogen) atoms. The van der Waals surface area contributed by atoms with Crippen LogP contribution in [0.1, 0.15) is 15.9 Å². The Morgan fingerprint density at radius 1 is 1.08 bits per heavy atom. The summed E-state index contributed by atoms with van der Waals surface area (Å²) in [4.78, 5) is 27.9. The second-order valence-corrected chi connectivity index (χ2v) is 6.80. The molecule has 0 fully saturated rings. The van der Waals surface area contributed by atoms with Crippen molar-refractivity contribution in [3.05, 3.63) is 80.2 Å². The Balaban J connectivity index is 0.00000117. The standard InChI is InChI=1S/C16H11Cl2N3O2S.CH4O/c17-12-5-1-10(2-6-12)9-21-16(23)20-15(24-21)19-14(22)11-3-7-13(18)8-4-11;1-2/h1-8H,9H2,(H,19,20,22,23);2H,1H3. The van der Waals surface area contributed by atoms with Crippen molar-refractivity contribution < 1.29 is 9.90 Å². The van der Waals surface area contributed by atoms with Crippen LogP contribution in [0, 0.1) is 0 Å². The molecule has 0 atom stereocenters. The van der Waals surface area contributed by atoms with E-state index >= 15 is 0 Å². The summed E-state index contributed by atoms with van der Waals surface area (Å²) in [5.74, 6) is -0.348. The number of anilines is 1. The van der Waals surface area contributed by atoms with Crippen LogP contribution in [0.5, 0.6) is 0 Å². The Morgan fingerprint density at radius 3 is 2.19 bits per heavy atom. The van der Waals surface area contributed by atoms with Crippen LogP contribution in [0.15, 0.2) is 53.3 Å². The first-order chi connectivity index (χ1) is 12.5. The minimum atomic E-state index is -0.415. The van der Waals surface area contributed by atoms with Crippen molar-refractivity contribution in [1.29, 1.82) is 0 Å². The van der Waals surface area contributed by atoms with E-state index in [9.17, 15) is 9.59 Å². The van der Waals surface area contributed by atoms with E-state index in [-0.39, 0.29) is 11.0 Å². The Labute approximate surface area is 163 Å². The average molecular weight is 412 g/mol. The Morgan fingerprint density at radius 2 is 1.62 bits per heavy atom. The zero-order valence-corrected chi connectivity index (χ0v) is 16.0. The minimum absolute atomic E-state index is 0.244. The third kappa shape index (κ3) is 5.40. The molecule has 0 unspecified atom stereocenters. The summed E-state index contributed by atoms with van der Waals surface area (Å²) in [5, 5.41) is 11.0. The number of benzene rings is 2. The number of nitrogens with zero attached hydrogens (tertiary/aromatic N) is 2. The zero-order chi connectivity index (χ0) is 19.1. The number of aromatic nitrogens is 2. The number of carbonyl (C=O) groups excluding carboxylic acids is 1. The molecule has 1 aromatic heterocycles. The summed E-state index contributed by atoms with van der Waals surface area (Å²) in [6, 6.07) is 13.6. The Hall–Kier alpha value is -2.19. The smallest absolute Gasteiger partial charge is 0.360 e. The largest absolute Gasteiger partial charge is 0.400 e. The van der Waals surface area contributed by atoms with E-state index in [4.69, 9.17) is 28.3 Å². The van der Waals surface area contributed by atoms with E-state index in [1.807, 2.05) is 12.1 Å². The van der Waals surface area contributed by atoms with Crippen LogP contribution in [0.3, 0.4) is 0 Å². The maximum atomic E-state index is 12.1. The van der Waals surface area contributed by atoms with E-state index < -0.39 is 5.69 Å². The molecule has 0 radical (unpaired) electrons. The van der Waals surface area contributed by atoms with Gasteiger partial charge in [0, 0.05) is 22.7 Å². The van der Waals surface area contributed by atoms with Gasteiger partial charge >= 0.3 is 5.69 Å². The molecule has 136 valence electrons. The first-order valence-electron chi connectivity index (χ1n) is 7.35. The molecule has 1 amide bonds. The fourth-order valence-electron chi connectivity index (χ4n) is 1.98. The van der Waals surface area contributed by atoms with Gasteiger partial charge in [-0.2, -0.15) is 4.98 Å². The van der Waals surface area contributed by atoms with Gasteiger partial charge in [0.25, 0.3) is 5.91 Å². The molecule has 3 aromatic rings. The molecule has 2 aromatic carbocycles. The molecule has 1 heterocycles. The van der Waals surface area contributed by atoms with E-state index in [0.29, 0.717) is 22.2 Å². The summed E-state index contributed by atoms with van der Waals surface area (Å²) in [6.07, 6.45) is 0. The van der Waals surface area contributed by atoms with Gasteiger partial charge in [0.15, 0.2) is 0 Å². The molecular weight excluding hydrogens is 397 g/mol. The van der Waals surface area contributed by atoms with E-state index in [0.717, 1.165) is 24.2 Å². The lowest BCUT2D eigenvalue weighted by molar-refractivity contribution is 0.102. The van der Waals surface area contributed by atoms with Gasteiger partial charge in [0.05, 0.1) is 6.54 Å². The van der Waals surface area contributed by atoms with Crippen molar-refractivity contribution in [3.63, 3.8) is 0 Å². The number of nitrogens with one attached hydrogen (secondary N) is 1. The molecular formula is C17H15Cl2N3O3S. The maximum Gasteiger partial charge on any atom is 0.360 e. The van der Waals surface area contributed by atoms with Crippen LogP contribution in [-0.2, 0) is 6.54 Å². The molecule has 0 aliphatic carbocycles. The quantitative estimate of drug-likeness (QED) is 0.687. The van der Waals surface area contributed by atoms with Gasteiger partial charge in [-0.25, -0.2) is 8.75 Å². The van der Waals surface area contributed by atoms with E-state index in [1.54, 1.807) is 36.4 Å². The van der Waals surface area contributed by atoms with Gasteiger partial charge in [-0.1, -0.05) is 35.3 Å². The first-order valence-corrected chi connectivity index (χ1v) is 8.88. The normalized spacial score (nSPS) is 10.0. The summed E-state index contributed by atoms with van der Waals surface area (Å²) >= 11 is 12.7. The molecule has 6 nitrogen and oxygen atoms in total. The van der Waals surface area contributed by atoms with Gasteiger partial charge < -0.3 is 5.11 Å². The van der Waals surface area contributed by atoms with E-state index in [1.165, 1.54) is 3.96 Å². The van der Waals surface area contributed by atoms with Crippen molar-refractivity contribution in [3.8, 4) is 0 Å². The molecule has 0 bridgehead atoms. The highest BCUT2D eigenvalue weighted by molar-refractivity contribution is 7.10. The van der Waals surface area contributed by atoms with Gasteiger partial charge in [-0.15, -0.1) is 0 Å². The van der Waals surface area contributed by atoms with Crippen molar-refractivity contribution in [2.24, 2.45) is 0 Å². The Kier molecular flexibility index (Phi) is 7.35. The van der Waals surface area contributed by atoms with Gasteiger partial charge in [-0.3, -0.25) is 10.1 Å². The number of carbonyl (C=O) groups is 1. The third-order valence-corrected chi connectivity index (χ3v) is 4.55. The fourth-order valence-corrected chi connectivity index (χ4v) is 3.03. The monoisotopic (exact) mass is 411 g/mol. The molecule has 0 saturated heterocycles. The summed E-state index contributed by atoms with van der Waals surface area (Å²) in [6.45, 7) is 0.366. The lowest BCUT2D eigenvalue weighted by Gasteiger charge is -2.02. The lowest BCUT2D eigenvalue weighted by atomic mass is 10.2. The van der Waals surface area contributed by atoms with Crippen LogP contribution in [-0.4, -0.2) is 27.1 Å². The van der Waals surface area contributed by atoms with Crippen LogP contribution in [0.25, 0.3) is 0 Å². The molecule has 3 rings (SSSR count). The highest BCUT2D eigenvalue weighted by Crippen LogP contribution is 2.15. The number of rotatable bonds is 4. The fraction of sp³-hybridized carbons (Fsp3) is 0.118. The highest BCUT2D eigenvalue weighted by atomic mass is 35.5. The number of aliphatic hydroxyl groups is 1. The van der Waals surface area contributed by atoms with Crippen molar-refractivity contribution in [2.75, 3.05) is 12.4 Å². The third-order valence-electron chi connectivity index (χ3n) is 3.17. The predicted molar refractivity (Wildman–Crippen MR) is 104 cm³/mol. The van der Waals surface area contributed by atoms with Gasteiger partial charge in [-0.05, 0) is 53.5 Å². The van der Waals surface area contributed by atoms with Gasteiger partial charge in [0.2, 0.25) is 5.13 Å². The average Bonchev–Trinajstić information content (AvgIpc) is 2.98. The summed E-state index contributed by atoms with van der Waals surface area (Å²) < 4.78 is 1.46. The topological polar surface area (TPSA) is 84.2 Å². The summed E-state index contributed by atoms with van der Waals surface area (Å²) in [7, 11) is 1.00. The molecule has 0 aliphatic heterocycles. The molecule has 2 N–H and O–H groups in total. The molecule has 0 saturated carbocycles. The van der Waals surface area contributed by atoms with Crippen LogP contribution >= 0.6 is 34.7 Å². The summed E-state index contributed by atoms with van der Waals surface area (Å²) in [5.41, 5.74) is 0.938. The van der Waals surface area contributed by atoms with Crippen molar-refractivity contribution >= 4 is 45.8 Å². The maximum absolute atomic E-state index is 12.1. The first kappa shape index (κ1) is 20.1. The van der Waals surface area contributed by atoms with Crippen LogP contribution < -0.4 is 11.0 Å². The van der Waals surface area contributed by atoms with Crippen molar-refractivity contribution in [1.82, 2.24) is 8.94 Å². The number of amides is 1. The number of aliphatic hydroxyl groups excluding tert-OH is 1. The number of halogens is 2. The zero-order valence-electron chi connectivity index (χ0n) is 13.6. The molecule has 0 aliphatic rings. The Bertz CT molecular complexity index is 922. The highest BCUT2D eigenvalue weighted by Gasteiger charge is 2.11. The van der Waals surface area contributed by atoms with E-state index in [2.05, 4.69) is 10.3 Å². The van der Waals surface area contributed by atoms with Crippen LogP contribution in [0.2, 0.25) is 10.0 Å². The predicted octanol–water partition coefficient (Wildman–Crippen LogP) is 3.52. The van der Waals surface area contributed by atoms with Gasteiger partial charge in [0.1, 0.15) is 0 Å². The second kappa shape index (κ2) is 9.49. The second-order valence-electron chi connectivity index (χ2n) is 4.91. The molecule has 9 heteroatoms. The number of hydrogen-bond acceptors (Lipinski definition) is 5. The SMILES string of the molecule is CO.O=C(Nc1nc(=O)n(Cc2ccc(Cl)cc2)s1)c1ccc(Cl)cc1.